The van der Waals surface area contributed by atoms with Crippen molar-refractivity contribution in [3.8, 4) is 5.75 Å². The second-order valence-electron chi connectivity index (χ2n) is 3.53. The molecule has 0 bridgehead atoms. The van der Waals surface area contributed by atoms with E-state index in [1.165, 1.54) is 6.07 Å². The Morgan fingerprint density at radius 3 is 2.75 bits per heavy atom. The Balaban J connectivity index is 3.03. The zero-order valence-corrected chi connectivity index (χ0v) is 10.0. The van der Waals surface area contributed by atoms with Gasteiger partial charge in [0, 0.05) is 11.9 Å². The summed E-state index contributed by atoms with van der Waals surface area (Å²) in [6.07, 6.45) is 0.759. The number of hydrogen-bond donors (Lipinski definition) is 0. The fourth-order valence-electron chi connectivity index (χ4n) is 1.19. The third-order valence-corrected chi connectivity index (χ3v) is 2.59. The second-order valence-corrected chi connectivity index (χ2v) is 3.80. The number of alkyl halides is 1. The Hall–Kier alpha value is -1.29. The lowest BCUT2D eigenvalue weighted by Gasteiger charge is -2.12. The first-order chi connectivity index (χ1) is 7.58. The number of nitrogens with zero attached hydrogens (tertiary/aromatic N) is 1. The lowest BCUT2D eigenvalue weighted by molar-refractivity contribution is -0.386. The number of rotatable bonds is 5. The van der Waals surface area contributed by atoms with Crippen LogP contribution in [-0.2, 0) is 5.88 Å². The van der Waals surface area contributed by atoms with Crippen molar-refractivity contribution in [2.24, 2.45) is 0 Å². The molecule has 0 aromatic heterocycles. The topological polar surface area (TPSA) is 52.4 Å². The van der Waals surface area contributed by atoms with Gasteiger partial charge in [0.15, 0.2) is 5.75 Å². The summed E-state index contributed by atoms with van der Waals surface area (Å²) in [6.45, 7) is 3.84. The summed E-state index contributed by atoms with van der Waals surface area (Å²) in [6, 6.07) is 4.78. The van der Waals surface area contributed by atoms with Gasteiger partial charge in [0.1, 0.15) is 0 Å². The van der Waals surface area contributed by atoms with Gasteiger partial charge in [-0.2, -0.15) is 0 Å². The molecular weight excluding hydrogens is 230 g/mol. The average Bonchev–Trinajstić information content (AvgIpc) is 2.29. The van der Waals surface area contributed by atoms with E-state index in [0.29, 0.717) is 11.3 Å². The number of nitro benzene ring substituents is 1. The molecule has 0 aliphatic rings. The molecule has 0 aliphatic heterocycles. The van der Waals surface area contributed by atoms with Crippen LogP contribution in [0.5, 0.6) is 5.75 Å². The van der Waals surface area contributed by atoms with Gasteiger partial charge in [-0.15, -0.1) is 11.6 Å². The number of nitro groups is 1. The van der Waals surface area contributed by atoms with E-state index in [0.717, 1.165) is 6.42 Å². The van der Waals surface area contributed by atoms with Crippen molar-refractivity contribution in [1.82, 2.24) is 0 Å². The van der Waals surface area contributed by atoms with Gasteiger partial charge in [-0.25, -0.2) is 0 Å². The molecule has 0 amide bonds. The van der Waals surface area contributed by atoms with Gasteiger partial charge in [-0.1, -0.05) is 13.0 Å². The van der Waals surface area contributed by atoms with Crippen LogP contribution < -0.4 is 4.74 Å². The fraction of sp³-hybridized carbons (Fsp3) is 0.455. The van der Waals surface area contributed by atoms with Crippen molar-refractivity contribution in [3.63, 3.8) is 0 Å². The highest BCUT2D eigenvalue weighted by Crippen LogP contribution is 2.29. The molecule has 1 aromatic carbocycles. The van der Waals surface area contributed by atoms with Crippen molar-refractivity contribution in [2.45, 2.75) is 32.3 Å². The maximum absolute atomic E-state index is 10.8. The predicted octanol–water partition coefficient (Wildman–Crippen LogP) is 3.51. The first kappa shape index (κ1) is 12.8. The standard InChI is InChI=1S/C11H14ClNO3/c1-3-8(2)16-11-5-4-9(7-12)6-10(11)13(14)15/h4-6,8H,3,7H2,1-2H3. The fourth-order valence-corrected chi connectivity index (χ4v) is 1.35. The van der Waals surface area contributed by atoms with Gasteiger partial charge in [-0.3, -0.25) is 10.1 Å². The van der Waals surface area contributed by atoms with E-state index in [4.69, 9.17) is 16.3 Å². The van der Waals surface area contributed by atoms with Gasteiger partial charge in [0.2, 0.25) is 0 Å². The highest BCUT2D eigenvalue weighted by atomic mass is 35.5. The Kier molecular flexibility index (Phi) is 4.55. The van der Waals surface area contributed by atoms with E-state index in [1.54, 1.807) is 12.1 Å². The van der Waals surface area contributed by atoms with E-state index in [2.05, 4.69) is 0 Å². The van der Waals surface area contributed by atoms with Crippen molar-refractivity contribution in [1.29, 1.82) is 0 Å². The van der Waals surface area contributed by atoms with E-state index < -0.39 is 4.92 Å². The van der Waals surface area contributed by atoms with Gasteiger partial charge in [0.25, 0.3) is 0 Å². The Morgan fingerprint density at radius 2 is 2.25 bits per heavy atom. The normalized spacial score (nSPS) is 12.2. The van der Waals surface area contributed by atoms with Crippen LogP contribution in [-0.4, -0.2) is 11.0 Å². The van der Waals surface area contributed by atoms with Crippen LogP contribution in [0, 0.1) is 10.1 Å². The molecule has 0 radical (unpaired) electrons. The lowest BCUT2D eigenvalue weighted by atomic mass is 10.2. The Bertz CT molecular complexity index is 381. The van der Waals surface area contributed by atoms with Gasteiger partial charge >= 0.3 is 5.69 Å². The van der Waals surface area contributed by atoms with E-state index in [1.807, 2.05) is 13.8 Å². The van der Waals surface area contributed by atoms with E-state index in [-0.39, 0.29) is 17.7 Å². The Labute approximate surface area is 99.3 Å². The van der Waals surface area contributed by atoms with Crippen molar-refractivity contribution >= 4 is 17.3 Å². The summed E-state index contributed by atoms with van der Waals surface area (Å²) in [7, 11) is 0. The van der Waals surface area contributed by atoms with Crippen molar-refractivity contribution in [2.75, 3.05) is 0 Å². The highest BCUT2D eigenvalue weighted by Gasteiger charge is 2.17. The lowest BCUT2D eigenvalue weighted by Crippen LogP contribution is -2.11. The molecule has 0 saturated carbocycles. The molecule has 0 N–H and O–H groups in total. The van der Waals surface area contributed by atoms with Gasteiger partial charge < -0.3 is 4.74 Å². The van der Waals surface area contributed by atoms with Gasteiger partial charge in [-0.05, 0) is 25.0 Å². The van der Waals surface area contributed by atoms with Crippen LogP contribution in [0.4, 0.5) is 5.69 Å². The minimum absolute atomic E-state index is 0.0292. The van der Waals surface area contributed by atoms with E-state index >= 15 is 0 Å². The first-order valence-corrected chi connectivity index (χ1v) is 5.61. The molecule has 0 spiro atoms. The van der Waals surface area contributed by atoms with Crippen molar-refractivity contribution in [3.05, 3.63) is 33.9 Å². The number of hydrogen-bond acceptors (Lipinski definition) is 3. The molecule has 1 aromatic rings. The highest BCUT2D eigenvalue weighted by molar-refractivity contribution is 6.17. The summed E-state index contributed by atoms with van der Waals surface area (Å²) in [5.41, 5.74) is 0.684. The minimum atomic E-state index is -0.451. The molecule has 16 heavy (non-hydrogen) atoms. The smallest absolute Gasteiger partial charge is 0.311 e. The molecule has 0 aliphatic carbocycles. The summed E-state index contributed by atoms with van der Waals surface area (Å²) in [4.78, 5) is 10.4. The maximum atomic E-state index is 10.8. The number of halogens is 1. The summed E-state index contributed by atoms with van der Waals surface area (Å²) in [5.74, 6) is 0.554. The molecule has 4 nitrogen and oxygen atoms in total. The van der Waals surface area contributed by atoms with Crippen molar-refractivity contribution < 1.29 is 9.66 Å². The quantitative estimate of drug-likeness (QED) is 0.452. The average molecular weight is 244 g/mol. The predicted molar refractivity (Wildman–Crippen MR) is 63.0 cm³/mol. The summed E-state index contributed by atoms with van der Waals surface area (Å²) in [5, 5.41) is 10.8. The molecular formula is C11H14ClNO3. The largest absolute Gasteiger partial charge is 0.484 e. The number of ether oxygens (including phenoxy) is 1. The summed E-state index contributed by atoms with van der Waals surface area (Å²) >= 11 is 5.63. The van der Waals surface area contributed by atoms with Crippen LogP contribution in [0.3, 0.4) is 0 Å². The zero-order valence-electron chi connectivity index (χ0n) is 9.27. The van der Waals surface area contributed by atoms with E-state index in [9.17, 15) is 10.1 Å². The molecule has 1 unspecified atom stereocenters. The minimum Gasteiger partial charge on any atom is -0.484 e. The molecule has 0 heterocycles. The monoisotopic (exact) mass is 243 g/mol. The van der Waals surface area contributed by atoms with Crippen LogP contribution in [0.1, 0.15) is 25.8 Å². The van der Waals surface area contributed by atoms with Crippen LogP contribution >= 0.6 is 11.6 Å². The molecule has 1 rings (SSSR count). The van der Waals surface area contributed by atoms with Crippen LogP contribution in [0.15, 0.2) is 18.2 Å². The molecule has 5 heteroatoms. The first-order valence-electron chi connectivity index (χ1n) is 5.08. The Morgan fingerprint density at radius 1 is 1.56 bits per heavy atom. The number of benzene rings is 1. The zero-order chi connectivity index (χ0) is 12.1. The molecule has 0 fully saturated rings. The molecule has 88 valence electrons. The third-order valence-electron chi connectivity index (χ3n) is 2.28. The van der Waals surface area contributed by atoms with Crippen LogP contribution in [0.2, 0.25) is 0 Å². The summed E-state index contributed by atoms with van der Waals surface area (Å²) < 4.78 is 5.47. The molecule has 0 saturated heterocycles. The third kappa shape index (κ3) is 3.10. The van der Waals surface area contributed by atoms with Gasteiger partial charge in [0.05, 0.1) is 11.0 Å². The van der Waals surface area contributed by atoms with Crippen LogP contribution in [0.25, 0.3) is 0 Å². The SMILES string of the molecule is CCC(C)Oc1ccc(CCl)cc1[N+](=O)[O-]. The second kappa shape index (κ2) is 5.70. The maximum Gasteiger partial charge on any atom is 0.311 e. The molecule has 1 atom stereocenters.